The van der Waals surface area contributed by atoms with Gasteiger partial charge >= 0.3 is 5.76 Å². The average molecular weight is 393 g/mol. The molecule has 6 heteroatoms. The average Bonchev–Trinajstić information content (AvgIpc) is 2.98. The number of rotatable bonds is 4. The van der Waals surface area contributed by atoms with Crippen molar-refractivity contribution in [3.63, 3.8) is 0 Å². The highest BCUT2D eigenvalue weighted by molar-refractivity contribution is 5.98. The van der Waals surface area contributed by atoms with Crippen molar-refractivity contribution in [1.29, 1.82) is 0 Å². The largest absolute Gasteiger partial charge is 0.419 e. The zero-order chi connectivity index (χ0) is 20.7. The van der Waals surface area contributed by atoms with Gasteiger partial charge in [-0.05, 0) is 41.8 Å². The number of fused-ring (bicyclic) bond motifs is 1. The first-order valence-corrected chi connectivity index (χ1v) is 9.02. The predicted molar refractivity (Wildman–Crippen MR) is 106 cm³/mol. The van der Waals surface area contributed by atoms with E-state index in [-0.39, 0.29) is 6.42 Å². The number of ketones is 1. The fourth-order valence-electron chi connectivity index (χ4n) is 3.48. The van der Waals surface area contributed by atoms with Crippen molar-refractivity contribution in [2.24, 2.45) is 7.05 Å². The Morgan fingerprint density at radius 2 is 1.66 bits per heavy atom. The first-order valence-electron chi connectivity index (χ1n) is 9.02. The maximum Gasteiger partial charge on any atom is 0.419 e. The van der Waals surface area contributed by atoms with Gasteiger partial charge in [0.25, 0.3) is 0 Å². The SMILES string of the molecule is Cc1c(-c2ccc(CC(=O)c3c(F)cccc3F)cc2)ccc2c1oc(=O)n2C. The highest BCUT2D eigenvalue weighted by atomic mass is 19.1. The highest BCUT2D eigenvalue weighted by Gasteiger charge is 2.18. The van der Waals surface area contributed by atoms with E-state index in [9.17, 15) is 18.4 Å². The van der Waals surface area contributed by atoms with Gasteiger partial charge in [-0.15, -0.1) is 0 Å². The van der Waals surface area contributed by atoms with Crippen molar-refractivity contribution in [2.45, 2.75) is 13.3 Å². The summed E-state index contributed by atoms with van der Waals surface area (Å²) in [6.07, 6.45) is -0.107. The quantitative estimate of drug-likeness (QED) is 0.468. The first kappa shape index (κ1) is 18.8. The lowest BCUT2D eigenvalue weighted by Gasteiger charge is -2.08. The highest BCUT2D eigenvalue weighted by Crippen LogP contribution is 2.29. The van der Waals surface area contributed by atoms with Gasteiger partial charge in [0.05, 0.1) is 11.1 Å². The van der Waals surface area contributed by atoms with E-state index in [2.05, 4.69) is 0 Å². The fourth-order valence-corrected chi connectivity index (χ4v) is 3.48. The molecule has 1 heterocycles. The second-order valence-electron chi connectivity index (χ2n) is 6.91. The number of carbonyl (C=O) groups is 1. The van der Waals surface area contributed by atoms with E-state index >= 15 is 0 Å². The molecule has 146 valence electrons. The lowest BCUT2D eigenvalue weighted by molar-refractivity contribution is 0.0985. The molecule has 0 N–H and O–H groups in total. The number of benzene rings is 3. The molecule has 4 nitrogen and oxygen atoms in total. The van der Waals surface area contributed by atoms with E-state index < -0.39 is 28.7 Å². The summed E-state index contributed by atoms with van der Waals surface area (Å²) in [4.78, 5) is 24.1. The van der Waals surface area contributed by atoms with Crippen molar-refractivity contribution in [3.8, 4) is 11.1 Å². The minimum absolute atomic E-state index is 0.107. The number of hydrogen-bond acceptors (Lipinski definition) is 3. The maximum atomic E-state index is 13.8. The van der Waals surface area contributed by atoms with Crippen LogP contribution in [-0.2, 0) is 13.5 Å². The Morgan fingerprint density at radius 3 is 2.31 bits per heavy atom. The van der Waals surface area contributed by atoms with Crippen molar-refractivity contribution in [3.05, 3.63) is 93.5 Å². The molecule has 0 radical (unpaired) electrons. The summed E-state index contributed by atoms with van der Waals surface area (Å²) in [5.74, 6) is -2.76. The molecular weight excluding hydrogens is 376 g/mol. The molecule has 0 spiro atoms. The summed E-state index contributed by atoms with van der Waals surface area (Å²) < 4.78 is 34.4. The molecule has 0 saturated carbocycles. The normalized spacial score (nSPS) is 11.2. The van der Waals surface area contributed by atoms with Crippen LogP contribution in [0.25, 0.3) is 22.2 Å². The molecule has 1 aromatic heterocycles. The maximum absolute atomic E-state index is 13.8. The number of hydrogen-bond donors (Lipinski definition) is 0. The Kier molecular flexibility index (Phi) is 4.62. The number of halogens is 2. The number of Topliss-reactive ketones (excluding diaryl/α,β-unsaturated/α-hetero) is 1. The Hall–Kier alpha value is -3.54. The van der Waals surface area contributed by atoms with Crippen LogP contribution in [0.15, 0.2) is 63.8 Å². The molecule has 0 saturated heterocycles. The van der Waals surface area contributed by atoms with Crippen LogP contribution in [0.2, 0.25) is 0 Å². The smallest absolute Gasteiger partial charge is 0.407 e. The van der Waals surface area contributed by atoms with Crippen LogP contribution in [0.5, 0.6) is 0 Å². The van der Waals surface area contributed by atoms with E-state index in [1.54, 1.807) is 19.2 Å². The van der Waals surface area contributed by atoms with Gasteiger partial charge in [-0.1, -0.05) is 36.4 Å². The van der Waals surface area contributed by atoms with E-state index in [1.165, 1.54) is 10.6 Å². The summed E-state index contributed by atoms with van der Waals surface area (Å²) >= 11 is 0. The molecule has 29 heavy (non-hydrogen) atoms. The van der Waals surface area contributed by atoms with Crippen LogP contribution < -0.4 is 5.76 Å². The second-order valence-corrected chi connectivity index (χ2v) is 6.91. The van der Waals surface area contributed by atoms with Crippen LogP contribution in [0.4, 0.5) is 8.78 Å². The standard InChI is InChI=1S/C23H17F2NO3/c1-13-16(10-11-19-22(13)29-23(28)26(19)2)15-8-6-14(7-9-15)12-20(27)21-17(24)4-3-5-18(21)25/h3-11H,12H2,1-2H3. The summed E-state index contributed by atoms with van der Waals surface area (Å²) in [6.45, 7) is 1.87. The van der Waals surface area contributed by atoms with Crippen LogP contribution in [0.1, 0.15) is 21.5 Å². The number of aryl methyl sites for hydroxylation is 2. The van der Waals surface area contributed by atoms with Gasteiger partial charge in [-0.25, -0.2) is 13.6 Å². The summed E-state index contributed by atoms with van der Waals surface area (Å²) in [5.41, 5.74) is 3.98. The number of aromatic nitrogens is 1. The molecule has 0 amide bonds. The molecule has 0 atom stereocenters. The third-order valence-corrected chi connectivity index (χ3v) is 5.08. The fraction of sp³-hybridized carbons (Fsp3) is 0.130. The van der Waals surface area contributed by atoms with Gasteiger partial charge < -0.3 is 4.42 Å². The molecule has 3 aromatic carbocycles. The van der Waals surface area contributed by atoms with E-state index in [4.69, 9.17) is 4.42 Å². The topological polar surface area (TPSA) is 52.2 Å². The zero-order valence-corrected chi connectivity index (χ0v) is 15.8. The van der Waals surface area contributed by atoms with E-state index in [1.807, 2.05) is 31.2 Å². The second kappa shape index (κ2) is 7.13. The monoisotopic (exact) mass is 393 g/mol. The molecule has 0 unspecified atom stereocenters. The molecular formula is C23H17F2NO3. The van der Waals surface area contributed by atoms with Gasteiger partial charge in [0.2, 0.25) is 0 Å². The van der Waals surface area contributed by atoms with Crippen molar-refractivity contribution in [2.75, 3.05) is 0 Å². The van der Waals surface area contributed by atoms with Crippen LogP contribution >= 0.6 is 0 Å². The lowest BCUT2D eigenvalue weighted by atomic mass is 9.96. The van der Waals surface area contributed by atoms with E-state index in [0.717, 1.165) is 28.8 Å². The van der Waals surface area contributed by atoms with Gasteiger partial charge in [-0.3, -0.25) is 9.36 Å². The van der Waals surface area contributed by atoms with Crippen molar-refractivity contribution < 1.29 is 18.0 Å². The predicted octanol–water partition coefficient (Wildman–Crippen LogP) is 4.81. The van der Waals surface area contributed by atoms with Crippen LogP contribution in [0.3, 0.4) is 0 Å². The molecule has 4 rings (SSSR count). The Labute approximate surface area is 165 Å². The Morgan fingerprint density at radius 1 is 1.00 bits per heavy atom. The molecule has 0 fully saturated rings. The number of nitrogens with zero attached hydrogens (tertiary/aromatic N) is 1. The number of carbonyl (C=O) groups excluding carboxylic acids is 1. The lowest BCUT2D eigenvalue weighted by Crippen LogP contribution is -2.09. The third-order valence-electron chi connectivity index (χ3n) is 5.08. The summed E-state index contributed by atoms with van der Waals surface area (Å²) in [6, 6.07) is 14.2. The first-order chi connectivity index (χ1) is 13.9. The van der Waals surface area contributed by atoms with Crippen molar-refractivity contribution in [1.82, 2.24) is 4.57 Å². The van der Waals surface area contributed by atoms with Crippen LogP contribution in [0, 0.1) is 18.6 Å². The summed E-state index contributed by atoms with van der Waals surface area (Å²) in [5, 5.41) is 0. The molecule has 0 aliphatic rings. The molecule has 0 aliphatic heterocycles. The van der Waals surface area contributed by atoms with Crippen LogP contribution in [-0.4, -0.2) is 10.4 Å². The molecule has 4 aromatic rings. The van der Waals surface area contributed by atoms with Gasteiger partial charge in [0.15, 0.2) is 11.4 Å². The minimum Gasteiger partial charge on any atom is -0.407 e. The number of oxazole rings is 1. The Balaban J connectivity index is 1.63. The van der Waals surface area contributed by atoms with Crippen molar-refractivity contribution >= 4 is 16.9 Å². The van der Waals surface area contributed by atoms with Gasteiger partial charge in [-0.2, -0.15) is 0 Å². The third kappa shape index (κ3) is 3.27. The van der Waals surface area contributed by atoms with Gasteiger partial charge in [0.1, 0.15) is 11.6 Å². The Bertz CT molecular complexity index is 1280. The summed E-state index contributed by atoms with van der Waals surface area (Å²) in [7, 11) is 1.65. The van der Waals surface area contributed by atoms with Gasteiger partial charge in [0, 0.05) is 19.0 Å². The molecule has 0 aliphatic carbocycles. The van der Waals surface area contributed by atoms with E-state index in [0.29, 0.717) is 16.7 Å². The minimum atomic E-state index is -0.861. The molecule has 0 bridgehead atoms. The zero-order valence-electron chi connectivity index (χ0n) is 15.8.